The lowest BCUT2D eigenvalue weighted by Gasteiger charge is -2.17. The van der Waals surface area contributed by atoms with Crippen LogP contribution >= 0.6 is 0 Å². The molecule has 0 radical (unpaired) electrons. The van der Waals surface area contributed by atoms with Crippen LogP contribution in [-0.4, -0.2) is 40.1 Å². The van der Waals surface area contributed by atoms with Crippen molar-refractivity contribution in [2.45, 2.75) is 65.3 Å². The minimum absolute atomic E-state index is 0.179. The Morgan fingerprint density at radius 1 is 1.06 bits per heavy atom. The molecule has 0 aliphatic carbocycles. The summed E-state index contributed by atoms with van der Waals surface area (Å²) in [4.78, 5) is 19.5. The molecule has 4 rings (SSSR count). The molecule has 2 heterocycles. The summed E-state index contributed by atoms with van der Waals surface area (Å²) in [6, 6.07) is 14.7. The number of benzene rings is 2. The monoisotopic (exact) mass is 433 g/mol. The van der Waals surface area contributed by atoms with Crippen molar-refractivity contribution in [3.63, 3.8) is 0 Å². The first-order valence-corrected chi connectivity index (χ1v) is 12.0. The molecule has 5 nitrogen and oxygen atoms in total. The predicted octanol–water partition coefficient (Wildman–Crippen LogP) is 5.63. The van der Waals surface area contributed by atoms with E-state index >= 15 is 0 Å². The normalized spacial score (nSPS) is 16.3. The van der Waals surface area contributed by atoms with E-state index < -0.39 is 0 Å². The van der Waals surface area contributed by atoms with Crippen molar-refractivity contribution in [1.82, 2.24) is 14.5 Å². The average Bonchev–Trinajstić information content (AvgIpc) is 3.34. The van der Waals surface area contributed by atoms with E-state index in [9.17, 15) is 4.79 Å². The number of imidazole rings is 1. The van der Waals surface area contributed by atoms with Crippen LogP contribution in [0.2, 0.25) is 0 Å². The minimum atomic E-state index is 0.179. The fraction of sp³-hybridized carbons (Fsp3) is 0.481. The molecule has 1 aromatic heterocycles. The molecule has 0 unspecified atom stereocenters. The first-order valence-electron chi connectivity index (χ1n) is 12.0. The number of nitrogens with zero attached hydrogens (tertiary/aromatic N) is 3. The topological polar surface area (TPSA) is 47.4 Å². The Morgan fingerprint density at radius 2 is 1.91 bits per heavy atom. The lowest BCUT2D eigenvalue weighted by molar-refractivity contribution is -0.127. The van der Waals surface area contributed by atoms with Gasteiger partial charge in [-0.05, 0) is 62.4 Å². The third-order valence-electron chi connectivity index (χ3n) is 6.42. The number of carbonyl (C=O) groups excluding carboxylic acids is 1. The molecular formula is C27H35N3O2. The first kappa shape index (κ1) is 22.4. The van der Waals surface area contributed by atoms with Crippen molar-refractivity contribution >= 4 is 16.9 Å². The van der Waals surface area contributed by atoms with Crippen LogP contribution in [0.3, 0.4) is 0 Å². The van der Waals surface area contributed by atoms with E-state index in [2.05, 4.69) is 61.7 Å². The smallest absolute Gasteiger partial charge is 0.223 e. The van der Waals surface area contributed by atoms with E-state index in [1.54, 1.807) is 0 Å². The number of likely N-dealkylation sites (tertiary alicyclic amines) is 1. The molecule has 0 spiro atoms. The second-order valence-electron chi connectivity index (χ2n) is 9.03. The van der Waals surface area contributed by atoms with Crippen molar-refractivity contribution in [1.29, 1.82) is 0 Å². The molecule has 3 aromatic rings. The molecule has 0 saturated carbocycles. The number of carbonyl (C=O) groups is 1. The SMILES string of the molecule is CCCCN1C[C@@H](c2nc3ccccc3n2CCCCOc2cc(C)ccc2C)CC1=O. The molecule has 0 N–H and O–H groups in total. The summed E-state index contributed by atoms with van der Waals surface area (Å²) in [5.74, 6) is 2.49. The highest BCUT2D eigenvalue weighted by atomic mass is 16.5. The molecule has 1 aliphatic heterocycles. The number of amides is 1. The highest BCUT2D eigenvalue weighted by molar-refractivity contribution is 5.80. The third kappa shape index (κ3) is 4.98. The second-order valence-corrected chi connectivity index (χ2v) is 9.03. The van der Waals surface area contributed by atoms with Gasteiger partial charge < -0.3 is 14.2 Å². The number of aromatic nitrogens is 2. The maximum Gasteiger partial charge on any atom is 0.223 e. The van der Waals surface area contributed by atoms with Gasteiger partial charge in [-0.2, -0.15) is 0 Å². The van der Waals surface area contributed by atoms with Gasteiger partial charge in [0.25, 0.3) is 0 Å². The van der Waals surface area contributed by atoms with Gasteiger partial charge in [-0.1, -0.05) is 37.6 Å². The summed E-state index contributed by atoms with van der Waals surface area (Å²) in [5.41, 5.74) is 4.59. The quantitative estimate of drug-likeness (QED) is 0.389. The predicted molar refractivity (Wildman–Crippen MR) is 129 cm³/mol. The Morgan fingerprint density at radius 3 is 2.75 bits per heavy atom. The Bertz CT molecular complexity index is 1070. The largest absolute Gasteiger partial charge is 0.493 e. The second kappa shape index (κ2) is 10.2. The summed E-state index contributed by atoms with van der Waals surface area (Å²) in [6.07, 6.45) is 4.74. The summed E-state index contributed by atoms with van der Waals surface area (Å²) in [7, 11) is 0. The maximum atomic E-state index is 12.5. The highest BCUT2D eigenvalue weighted by Gasteiger charge is 2.33. The molecule has 5 heteroatoms. The summed E-state index contributed by atoms with van der Waals surface area (Å²) < 4.78 is 8.39. The molecule has 0 bridgehead atoms. The molecule has 1 saturated heterocycles. The Balaban J connectivity index is 1.42. The zero-order chi connectivity index (χ0) is 22.5. The standard InChI is InChI=1S/C27H35N3O2/c1-4-5-14-29-19-22(18-26(29)31)27-28-23-10-6-7-11-24(23)30(27)15-8-9-16-32-25-17-20(2)12-13-21(25)3/h6-7,10-13,17,22H,4-5,8-9,14-16,18-19H2,1-3H3/t22-/m0/s1. The van der Waals surface area contributed by atoms with Gasteiger partial charge in [0.2, 0.25) is 5.91 Å². The highest BCUT2D eigenvalue weighted by Crippen LogP contribution is 2.31. The molecule has 1 amide bonds. The zero-order valence-corrected chi connectivity index (χ0v) is 19.6. The van der Waals surface area contributed by atoms with Crippen LogP contribution in [0.1, 0.15) is 61.9 Å². The van der Waals surface area contributed by atoms with Crippen LogP contribution in [0, 0.1) is 13.8 Å². The number of para-hydroxylation sites is 2. The van der Waals surface area contributed by atoms with Gasteiger partial charge in [-0.3, -0.25) is 4.79 Å². The number of fused-ring (bicyclic) bond motifs is 1. The Labute approximate surface area is 191 Å². The van der Waals surface area contributed by atoms with Gasteiger partial charge in [0, 0.05) is 32.0 Å². The lowest BCUT2D eigenvalue weighted by Crippen LogP contribution is -2.26. The summed E-state index contributed by atoms with van der Waals surface area (Å²) >= 11 is 0. The number of rotatable bonds is 10. The van der Waals surface area contributed by atoms with E-state index in [0.717, 1.165) is 67.9 Å². The van der Waals surface area contributed by atoms with Crippen LogP contribution in [0.5, 0.6) is 5.75 Å². The number of hydrogen-bond acceptors (Lipinski definition) is 3. The zero-order valence-electron chi connectivity index (χ0n) is 19.6. The third-order valence-corrected chi connectivity index (χ3v) is 6.42. The van der Waals surface area contributed by atoms with Crippen molar-refractivity contribution in [3.8, 4) is 5.75 Å². The lowest BCUT2D eigenvalue weighted by atomic mass is 10.1. The Hall–Kier alpha value is -2.82. The van der Waals surface area contributed by atoms with Crippen LogP contribution in [0.25, 0.3) is 11.0 Å². The van der Waals surface area contributed by atoms with Crippen molar-refractivity contribution in [3.05, 3.63) is 59.4 Å². The fourth-order valence-electron chi connectivity index (χ4n) is 4.57. The summed E-state index contributed by atoms with van der Waals surface area (Å²) in [5, 5.41) is 0. The number of hydrogen-bond donors (Lipinski definition) is 0. The van der Waals surface area contributed by atoms with Gasteiger partial charge in [-0.15, -0.1) is 0 Å². The van der Waals surface area contributed by atoms with Crippen LogP contribution in [0.4, 0.5) is 0 Å². The maximum absolute atomic E-state index is 12.5. The molecule has 2 aromatic carbocycles. The molecule has 32 heavy (non-hydrogen) atoms. The molecular weight excluding hydrogens is 398 g/mol. The van der Waals surface area contributed by atoms with Crippen molar-refractivity contribution in [2.24, 2.45) is 0 Å². The van der Waals surface area contributed by atoms with Gasteiger partial charge in [0.1, 0.15) is 11.6 Å². The van der Waals surface area contributed by atoms with Gasteiger partial charge in [0.05, 0.1) is 17.6 Å². The van der Waals surface area contributed by atoms with E-state index in [0.29, 0.717) is 13.0 Å². The van der Waals surface area contributed by atoms with Gasteiger partial charge >= 0.3 is 0 Å². The van der Waals surface area contributed by atoms with Crippen LogP contribution < -0.4 is 4.74 Å². The summed E-state index contributed by atoms with van der Waals surface area (Å²) in [6.45, 7) is 9.60. The minimum Gasteiger partial charge on any atom is -0.493 e. The van der Waals surface area contributed by atoms with E-state index in [1.165, 1.54) is 11.1 Å². The van der Waals surface area contributed by atoms with Crippen molar-refractivity contribution in [2.75, 3.05) is 19.7 Å². The van der Waals surface area contributed by atoms with E-state index in [4.69, 9.17) is 9.72 Å². The molecule has 1 fully saturated rings. The molecule has 170 valence electrons. The molecule has 1 aliphatic rings. The van der Waals surface area contributed by atoms with Crippen molar-refractivity contribution < 1.29 is 9.53 Å². The van der Waals surface area contributed by atoms with Crippen LogP contribution in [0.15, 0.2) is 42.5 Å². The number of ether oxygens (including phenoxy) is 1. The number of aryl methyl sites for hydroxylation is 3. The Kier molecular flexibility index (Phi) is 7.13. The number of unbranched alkanes of at least 4 members (excludes halogenated alkanes) is 2. The van der Waals surface area contributed by atoms with Gasteiger partial charge in [0.15, 0.2) is 0 Å². The van der Waals surface area contributed by atoms with Crippen LogP contribution in [-0.2, 0) is 11.3 Å². The van der Waals surface area contributed by atoms with E-state index in [1.807, 2.05) is 11.0 Å². The first-order chi connectivity index (χ1) is 15.6. The molecule has 1 atom stereocenters. The average molecular weight is 434 g/mol. The fourth-order valence-corrected chi connectivity index (χ4v) is 4.57. The van der Waals surface area contributed by atoms with E-state index in [-0.39, 0.29) is 11.8 Å². The van der Waals surface area contributed by atoms with Gasteiger partial charge in [-0.25, -0.2) is 4.98 Å².